The van der Waals surface area contributed by atoms with E-state index in [1.54, 1.807) is 42.0 Å². The van der Waals surface area contributed by atoms with Gasteiger partial charge in [-0.15, -0.1) is 0 Å². The van der Waals surface area contributed by atoms with Gasteiger partial charge in [0, 0.05) is 44.1 Å². The molecule has 0 radical (unpaired) electrons. The molecule has 0 spiro atoms. The van der Waals surface area contributed by atoms with Crippen LogP contribution in [0.5, 0.6) is 0 Å². The molecule has 3 rings (SSSR count). The summed E-state index contributed by atoms with van der Waals surface area (Å²) in [6, 6.07) is 4.95. The van der Waals surface area contributed by atoms with Crippen LogP contribution < -0.4 is 5.56 Å². The highest BCUT2D eigenvalue weighted by atomic mass is 32.2. The van der Waals surface area contributed by atoms with Crippen LogP contribution in [0, 0.1) is 6.92 Å². The van der Waals surface area contributed by atoms with E-state index in [0.29, 0.717) is 42.7 Å². The minimum atomic E-state index is -0.370. The molecular formula is C17H21N5O3S. The molecule has 1 atom stereocenters. The SMILES string of the molecule is Cc1cc(=O)[nH]c(S[C@@H](C)C(=O)N2CCN(C(=O)c3ccc[nH]3)CC2)n1. The van der Waals surface area contributed by atoms with Gasteiger partial charge in [0.2, 0.25) is 5.91 Å². The van der Waals surface area contributed by atoms with Crippen molar-refractivity contribution < 1.29 is 9.59 Å². The summed E-state index contributed by atoms with van der Waals surface area (Å²) in [5.74, 6) is -0.0720. The van der Waals surface area contributed by atoms with Crippen LogP contribution in [0.3, 0.4) is 0 Å². The van der Waals surface area contributed by atoms with E-state index in [0.717, 1.165) is 0 Å². The van der Waals surface area contributed by atoms with Crippen molar-refractivity contribution >= 4 is 23.6 Å². The molecule has 1 aliphatic rings. The predicted octanol–water partition coefficient (Wildman–Crippen LogP) is 0.872. The molecule has 0 aliphatic carbocycles. The molecule has 9 heteroatoms. The Morgan fingerprint density at radius 1 is 1.23 bits per heavy atom. The van der Waals surface area contributed by atoms with E-state index in [9.17, 15) is 14.4 Å². The lowest BCUT2D eigenvalue weighted by atomic mass is 10.2. The zero-order chi connectivity index (χ0) is 18.7. The molecule has 8 nitrogen and oxygen atoms in total. The lowest BCUT2D eigenvalue weighted by Gasteiger charge is -2.35. The molecule has 26 heavy (non-hydrogen) atoms. The van der Waals surface area contributed by atoms with Gasteiger partial charge in [0.1, 0.15) is 5.69 Å². The van der Waals surface area contributed by atoms with Gasteiger partial charge in [0.05, 0.1) is 5.25 Å². The van der Waals surface area contributed by atoms with Crippen LogP contribution in [-0.4, -0.2) is 68.0 Å². The quantitative estimate of drug-likeness (QED) is 0.610. The Balaban J connectivity index is 1.56. The number of piperazine rings is 1. The average molecular weight is 375 g/mol. The highest BCUT2D eigenvalue weighted by Crippen LogP contribution is 2.21. The second-order valence-corrected chi connectivity index (χ2v) is 7.48. The number of hydrogen-bond acceptors (Lipinski definition) is 5. The molecule has 0 unspecified atom stereocenters. The molecule has 2 amide bonds. The van der Waals surface area contributed by atoms with Crippen molar-refractivity contribution in [2.45, 2.75) is 24.3 Å². The van der Waals surface area contributed by atoms with E-state index in [2.05, 4.69) is 15.0 Å². The summed E-state index contributed by atoms with van der Waals surface area (Å²) in [6.45, 7) is 5.53. The lowest BCUT2D eigenvalue weighted by molar-refractivity contribution is -0.131. The van der Waals surface area contributed by atoms with Crippen molar-refractivity contribution in [3.05, 3.63) is 46.1 Å². The van der Waals surface area contributed by atoms with Crippen molar-refractivity contribution in [1.82, 2.24) is 24.8 Å². The third-order valence-electron chi connectivity index (χ3n) is 4.19. The van der Waals surface area contributed by atoms with E-state index in [-0.39, 0.29) is 22.6 Å². The minimum Gasteiger partial charge on any atom is -0.357 e. The molecular weight excluding hydrogens is 354 g/mol. The maximum atomic E-state index is 12.7. The van der Waals surface area contributed by atoms with E-state index in [1.165, 1.54) is 17.8 Å². The van der Waals surface area contributed by atoms with Crippen LogP contribution in [0.2, 0.25) is 0 Å². The first-order valence-corrected chi connectivity index (χ1v) is 9.28. The first-order valence-electron chi connectivity index (χ1n) is 8.40. The Morgan fingerprint density at radius 3 is 2.54 bits per heavy atom. The number of amides is 2. The van der Waals surface area contributed by atoms with Gasteiger partial charge in [-0.3, -0.25) is 14.4 Å². The van der Waals surface area contributed by atoms with Crippen molar-refractivity contribution in [3.8, 4) is 0 Å². The second-order valence-electron chi connectivity index (χ2n) is 6.15. The number of H-pyrrole nitrogens is 2. The van der Waals surface area contributed by atoms with Gasteiger partial charge in [-0.25, -0.2) is 4.98 Å². The molecule has 0 aromatic carbocycles. The predicted molar refractivity (Wildman–Crippen MR) is 98.2 cm³/mol. The van der Waals surface area contributed by atoms with Crippen molar-refractivity contribution in [1.29, 1.82) is 0 Å². The second kappa shape index (κ2) is 7.77. The minimum absolute atomic E-state index is 0.0221. The number of rotatable bonds is 4. The zero-order valence-corrected chi connectivity index (χ0v) is 15.5. The van der Waals surface area contributed by atoms with E-state index in [4.69, 9.17) is 0 Å². The molecule has 0 saturated carbocycles. The van der Waals surface area contributed by atoms with Gasteiger partial charge in [-0.1, -0.05) is 11.8 Å². The van der Waals surface area contributed by atoms with Gasteiger partial charge < -0.3 is 19.8 Å². The molecule has 3 heterocycles. The van der Waals surface area contributed by atoms with E-state index < -0.39 is 0 Å². The molecule has 0 bridgehead atoms. The maximum Gasteiger partial charge on any atom is 0.270 e. The number of hydrogen-bond donors (Lipinski definition) is 2. The van der Waals surface area contributed by atoms with Gasteiger partial charge in [-0.05, 0) is 26.0 Å². The Kier molecular flexibility index (Phi) is 5.46. The van der Waals surface area contributed by atoms with Crippen molar-refractivity contribution in [2.24, 2.45) is 0 Å². The molecule has 2 aromatic rings. The standard InChI is InChI=1S/C17H21N5O3S/c1-11-10-14(23)20-17(19-11)26-12(2)15(24)21-6-8-22(9-7-21)16(25)13-4-3-5-18-13/h3-5,10,12,18H,6-9H2,1-2H3,(H,19,20,23)/t12-/m0/s1. The number of aryl methyl sites for hydroxylation is 1. The Bertz CT molecular complexity index is 840. The topological polar surface area (TPSA) is 102 Å². The number of carbonyl (C=O) groups is 2. The summed E-state index contributed by atoms with van der Waals surface area (Å²) in [5.41, 5.74) is 0.951. The zero-order valence-electron chi connectivity index (χ0n) is 14.7. The van der Waals surface area contributed by atoms with Crippen LogP contribution >= 0.6 is 11.8 Å². The van der Waals surface area contributed by atoms with Crippen molar-refractivity contribution in [3.63, 3.8) is 0 Å². The van der Waals surface area contributed by atoms with Crippen LogP contribution in [0.25, 0.3) is 0 Å². The number of nitrogens with zero attached hydrogens (tertiary/aromatic N) is 3. The summed E-state index contributed by atoms with van der Waals surface area (Å²) >= 11 is 1.24. The van der Waals surface area contributed by atoms with E-state index >= 15 is 0 Å². The first-order chi connectivity index (χ1) is 12.4. The largest absolute Gasteiger partial charge is 0.357 e. The Morgan fingerprint density at radius 2 is 1.92 bits per heavy atom. The summed E-state index contributed by atoms with van der Waals surface area (Å²) in [6.07, 6.45) is 1.72. The first kappa shape index (κ1) is 18.2. The van der Waals surface area contributed by atoms with Gasteiger partial charge in [0.25, 0.3) is 11.5 Å². The maximum absolute atomic E-state index is 12.7. The third kappa shape index (κ3) is 4.16. The van der Waals surface area contributed by atoms with Crippen molar-refractivity contribution in [2.75, 3.05) is 26.2 Å². The average Bonchev–Trinajstić information content (AvgIpc) is 3.14. The highest BCUT2D eigenvalue weighted by Gasteiger charge is 2.28. The number of nitrogens with one attached hydrogen (secondary N) is 2. The Labute approximate surface area is 155 Å². The molecule has 138 valence electrons. The van der Waals surface area contributed by atoms with Crippen LogP contribution in [0.15, 0.2) is 34.3 Å². The van der Waals surface area contributed by atoms with Gasteiger partial charge in [0.15, 0.2) is 5.16 Å². The molecule has 2 N–H and O–H groups in total. The molecule has 1 aliphatic heterocycles. The fourth-order valence-corrected chi connectivity index (χ4v) is 3.79. The summed E-state index contributed by atoms with van der Waals surface area (Å²) < 4.78 is 0. The van der Waals surface area contributed by atoms with Gasteiger partial charge in [-0.2, -0.15) is 0 Å². The number of aromatic nitrogens is 3. The summed E-state index contributed by atoms with van der Waals surface area (Å²) in [7, 11) is 0. The van der Waals surface area contributed by atoms with Crippen LogP contribution in [0.1, 0.15) is 23.1 Å². The fourth-order valence-electron chi connectivity index (χ4n) is 2.85. The summed E-state index contributed by atoms with van der Waals surface area (Å²) in [5, 5.41) is 0.0713. The number of thioether (sulfide) groups is 1. The van der Waals surface area contributed by atoms with E-state index in [1.807, 2.05) is 0 Å². The van der Waals surface area contributed by atoms with Crippen LogP contribution in [-0.2, 0) is 4.79 Å². The number of carbonyl (C=O) groups excluding carboxylic acids is 2. The van der Waals surface area contributed by atoms with Crippen LogP contribution in [0.4, 0.5) is 0 Å². The highest BCUT2D eigenvalue weighted by molar-refractivity contribution is 8.00. The monoisotopic (exact) mass is 375 g/mol. The Hall–Kier alpha value is -2.55. The fraction of sp³-hybridized carbons (Fsp3) is 0.412. The van der Waals surface area contributed by atoms with Gasteiger partial charge >= 0.3 is 0 Å². The molecule has 1 fully saturated rings. The third-order valence-corrected chi connectivity index (χ3v) is 5.16. The molecule has 2 aromatic heterocycles. The number of aromatic amines is 2. The summed E-state index contributed by atoms with van der Waals surface area (Å²) in [4.78, 5) is 49.8. The lowest BCUT2D eigenvalue weighted by Crippen LogP contribution is -2.52. The smallest absolute Gasteiger partial charge is 0.270 e. The normalized spacial score (nSPS) is 15.8. The molecule has 1 saturated heterocycles.